The molecule has 1 N–H and O–H groups in total. The lowest BCUT2D eigenvalue weighted by atomic mass is 10.1. The largest absolute Gasteiger partial charge is 0.481 e. The fraction of sp³-hybridized carbons (Fsp3) is 0.333. The number of carboxylic acids is 1. The summed E-state index contributed by atoms with van der Waals surface area (Å²) in [6.45, 7) is 0.399. The molecule has 0 amide bonds. The van der Waals surface area contributed by atoms with Crippen LogP contribution in [-0.4, -0.2) is 23.2 Å². The second kappa shape index (κ2) is 4.57. The summed E-state index contributed by atoms with van der Waals surface area (Å²) in [4.78, 5) is 14.4. The van der Waals surface area contributed by atoms with E-state index in [2.05, 4.69) is 4.98 Å². The SMILES string of the molecule is COCc1cnccc1CC(=O)O. The fourth-order valence-corrected chi connectivity index (χ4v) is 1.08. The van der Waals surface area contributed by atoms with Crippen molar-refractivity contribution in [3.63, 3.8) is 0 Å². The van der Waals surface area contributed by atoms with Crippen molar-refractivity contribution in [3.8, 4) is 0 Å². The first kappa shape index (κ1) is 9.67. The zero-order valence-electron chi connectivity index (χ0n) is 7.36. The number of nitrogens with zero attached hydrogens (tertiary/aromatic N) is 1. The summed E-state index contributed by atoms with van der Waals surface area (Å²) < 4.78 is 4.92. The van der Waals surface area contributed by atoms with Gasteiger partial charge in [-0.3, -0.25) is 9.78 Å². The van der Waals surface area contributed by atoms with E-state index in [1.807, 2.05) is 0 Å². The third kappa shape index (κ3) is 2.83. The topological polar surface area (TPSA) is 59.4 Å². The average Bonchev–Trinajstić information content (AvgIpc) is 2.08. The van der Waals surface area contributed by atoms with Crippen molar-refractivity contribution in [1.29, 1.82) is 0 Å². The van der Waals surface area contributed by atoms with Gasteiger partial charge in [-0.25, -0.2) is 0 Å². The van der Waals surface area contributed by atoms with E-state index in [0.717, 1.165) is 11.1 Å². The van der Waals surface area contributed by atoms with Crippen molar-refractivity contribution in [1.82, 2.24) is 4.98 Å². The lowest BCUT2D eigenvalue weighted by molar-refractivity contribution is -0.136. The number of methoxy groups -OCH3 is 1. The number of hydrogen-bond acceptors (Lipinski definition) is 3. The van der Waals surface area contributed by atoms with Gasteiger partial charge < -0.3 is 9.84 Å². The molecule has 0 atom stereocenters. The highest BCUT2D eigenvalue weighted by molar-refractivity contribution is 5.70. The molecule has 1 rings (SSSR count). The van der Waals surface area contributed by atoms with Gasteiger partial charge in [0.1, 0.15) is 0 Å². The van der Waals surface area contributed by atoms with Gasteiger partial charge in [-0.2, -0.15) is 0 Å². The Kier molecular flexibility index (Phi) is 3.40. The summed E-state index contributed by atoms with van der Waals surface area (Å²) in [7, 11) is 1.57. The highest BCUT2D eigenvalue weighted by atomic mass is 16.5. The monoisotopic (exact) mass is 181 g/mol. The van der Waals surface area contributed by atoms with Crippen molar-refractivity contribution >= 4 is 5.97 Å². The van der Waals surface area contributed by atoms with E-state index >= 15 is 0 Å². The van der Waals surface area contributed by atoms with Crippen LogP contribution in [0.5, 0.6) is 0 Å². The standard InChI is InChI=1S/C9H11NO3/c1-13-6-8-5-10-3-2-7(8)4-9(11)12/h2-3,5H,4,6H2,1H3,(H,11,12). The molecule has 1 aromatic rings. The van der Waals surface area contributed by atoms with Crippen LogP contribution in [0.2, 0.25) is 0 Å². The number of pyridine rings is 1. The zero-order valence-corrected chi connectivity index (χ0v) is 7.36. The lowest BCUT2D eigenvalue weighted by Crippen LogP contribution is -2.04. The summed E-state index contributed by atoms with van der Waals surface area (Å²) in [5, 5.41) is 8.60. The number of aromatic nitrogens is 1. The molecule has 1 heterocycles. The van der Waals surface area contributed by atoms with Crippen LogP contribution in [0, 0.1) is 0 Å². The average molecular weight is 181 g/mol. The summed E-state index contributed by atoms with van der Waals surface area (Å²) in [6, 6.07) is 1.70. The van der Waals surface area contributed by atoms with Crippen LogP contribution in [0.3, 0.4) is 0 Å². The Morgan fingerprint density at radius 2 is 2.38 bits per heavy atom. The van der Waals surface area contributed by atoms with E-state index in [0.29, 0.717) is 6.61 Å². The first-order chi connectivity index (χ1) is 6.24. The summed E-state index contributed by atoms with van der Waals surface area (Å²) >= 11 is 0. The van der Waals surface area contributed by atoms with Crippen molar-refractivity contribution in [3.05, 3.63) is 29.6 Å². The zero-order chi connectivity index (χ0) is 9.68. The van der Waals surface area contributed by atoms with Crippen LogP contribution >= 0.6 is 0 Å². The van der Waals surface area contributed by atoms with E-state index < -0.39 is 5.97 Å². The minimum Gasteiger partial charge on any atom is -0.481 e. The molecule has 0 fully saturated rings. The molecule has 70 valence electrons. The van der Waals surface area contributed by atoms with Gasteiger partial charge in [-0.15, -0.1) is 0 Å². The molecule has 0 unspecified atom stereocenters. The van der Waals surface area contributed by atoms with Crippen LogP contribution < -0.4 is 0 Å². The Balaban J connectivity index is 2.84. The van der Waals surface area contributed by atoms with Gasteiger partial charge in [0.05, 0.1) is 13.0 Å². The van der Waals surface area contributed by atoms with Gasteiger partial charge in [-0.05, 0) is 17.2 Å². The minimum absolute atomic E-state index is 0.0151. The molecule has 0 radical (unpaired) electrons. The van der Waals surface area contributed by atoms with Crippen LogP contribution in [0.4, 0.5) is 0 Å². The smallest absolute Gasteiger partial charge is 0.307 e. The number of carbonyl (C=O) groups is 1. The molecule has 0 saturated carbocycles. The number of hydrogen-bond donors (Lipinski definition) is 1. The highest BCUT2D eigenvalue weighted by Crippen LogP contribution is 2.08. The highest BCUT2D eigenvalue weighted by Gasteiger charge is 2.05. The molecule has 0 saturated heterocycles. The molecule has 0 aliphatic heterocycles. The molecule has 1 aromatic heterocycles. The second-order valence-corrected chi connectivity index (χ2v) is 2.65. The van der Waals surface area contributed by atoms with Gasteiger partial charge in [0.2, 0.25) is 0 Å². The predicted molar refractivity (Wildman–Crippen MR) is 46.3 cm³/mol. The van der Waals surface area contributed by atoms with E-state index in [-0.39, 0.29) is 6.42 Å². The number of aliphatic carboxylic acids is 1. The van der Waals surface area contributed by atoms with Gasteiger partial charge in [0, 0.05) is 19.5 Å². The van der Waals surface area contributed by atoms with Gasteiger partial charge in [0.25, 0.3) is 0 Å². The maximum atomic E-state index is 10.5. The summed E-state index contributed by atoms with van der Waals surface area (Å²) in [5.41, 5.74) is 1.58. The van der Waals surface area contributed by atoms with Crippen molar-refractivity contribution < 1.29 is 14.6 Å². The molecular formula is C9H11NO3. The molecule has 0 aliphatic rings. The Hall–Kier alpha value is -1.42. The van der Waals surface area contributed by atoms with Crippen LogP contribution in [0.15, 0.2) is 18.5 Å². The lowest BCUT2D eigenvalue weighted by Gasteiger charge is -2.04. The van der Waals surface area contributed by atoms with Crippen molar-refractivity contribution in [2.24, 2.45) is 0 Å². The normalized spacial score (nSPS) is 9.92. The van der Waals surface area contributed by atoms with E-state index in [4.69, 9.17) is 9.84 Å². The molecule has 13 heavy (non-hydrogen) atoms. The predicted octanol–water partition coefficient (Wildman–Crippen LogP) is 0.855. The van der Waals surface area contributed by atoms with E-state index in [9.17, 15) is 4.79 Å². The summed E-state index contributed by atoms with van der Waals surface area (Å²) in [5.74, 6) is -0.844. The number of rotatable bonds is 4. The Labute approximate surface area is 76.2 Å². The molecule has 0 bridgehead atoms. The first-order valence-electron chi connectivity index (χ1n) is 3.86. The molecule has 4 heteroatoms. The van der Waals surface area contributed by atoms with Crippen LogP contribution in [0.1, 0.15) is 11.1 Å². The second-order valence-electron chi connectivity index (χ2n) is 2.65. The fourth-order valence-electron chi connectivity index (χ4n) is 1.08. The number of carboxylic acid groups (broad SMARTS) is 1. The maximum Gasteiger partial charge on any atom is 0.307 e. The molecule has 0 spiro atoms. The Morgan fingerprint density at radius 3 is 3.00 bits per heavy atom. The van der Waals surface area contributed by atoms with Crippen LogP contribution in [0.25, 0.3) is 0 Å². The third-order valence-electron chi connectivity index (χ3n) is 1.65. The van der Waals surface area contributed by atoms with E-state index in [1.165, 1.54) is 0 Å². The number of ether oxygens (including phenoxy) is 1. The molecule has 0 aliphatic carbocycles. The third-order valence-corrected chi connectivity index (χ3v) is 1.65. The van der Waals surface area contributed by atoms with E-state index in [1.54, 1.807) is 25.6 Å². The maximum absolute atomic E-state index is 10.5. The Bertz CT molecular complexity index is 299. The quantitative estimate of drug-likeness (QED) is 0.748. The minimum atomic E-state index is -0.844. The van der Waals surface area contributed by atoms with Gasteiger partial charge in [0.15, 0.2) is 0 Å². The van der Waals surface area contributed by atoms with Crippen LogP contribution in [-0.2, 0) is 22.6 Å². The van der Waals surface area contributed by atoms with Gasteiger partial charge >= 0.3 is 5.97 Å². The molecule has 4 nitrogen and oxygen atoms in total. The first-order valence-corrected chi connectivity index (χ1v) is 3.86. The molecular weight excluding hydrogens is 170 g/mol. The Morgan fingerprint density at radius 1 is 1.62 bits per heavy atom. The van der Waals surface area contributed by atoms with Gasteiger partial charge in [-0.1, -0.05) is 0 Å². The van der Waals surface area contributed by atoms with Crippen molar-refractivity contribution in [2.75, 3.05) is 7.11 Å². The molecule has 0 aromatic carbocycles. The van der Waals surface area contributed by atoms with Crippen molar-refractivity contribution in [2.45, 2.75) is 13.0 Å². The summed E-state index contributed by atoms with van der Waals surface area (Å²) in [6.07, 6.45) is 3.22.